The Hall–Kier alpha value is -2.82. The molecule has 2 amide bonds. The number of carbonyl (C=O) groups excluding carboxylic acids is 2. The Morgan fingerprint density at radius 3 is 2.35 bits per heavy atom. The first-order valence-corrected chi connectivity index (χ1v) is 12.5. The zero-order valence-corrected chi connectivity index (χ0v) is 21.4. The number of methoxy groups -OCH3 is 1. The molecule has 0 radical (unpaired) electrons. The Balaban J connectivity index is 1.71. The van der Waals surface area contributed by atoms with Gasteiger partial charge in [0.15, 0.2) is 0 Å². The van der Waals surface area contributed by atoms with Crippen molar-refractivity contribution in [2.45, 2.75) is 90.3 Å². The van der Waals surface area contributed by atoms with Crippen LogP contribution >= 0.6 is 0 Å². The van der Waals surface area contributed by atoms with Crippen LogP contribution in [0.2, 0.25) is 0 Å². The monoisotopic (exact) mass is 464 g/mol. The van der Waals surface area contributed by atoms with Crippen LogP contribution in [0.4, 0.5) is 0 Å². The highest BCUT2D eigenvalue weighted by atomic mass is 16.5. The smallest absolute Gasteiger partial charge is 0.242 e. The lowest BCUT2D eigenvalue weighted by Gasteiger charge is -2.30. The summed E-state index contributed by atoms with van der Waals surface area (Å²) in [5, 5.41) is 3.16. The Kier molecular flexibility index (Phi) is 8.76. The van der Waals surface area contributed by atoms with Crippen molar-refractivity contribution >= 4 is 11.8 Å². The van der Waals surface area contributed by atoms with Gasteiger partial charge in [0.1, 0.15) is 11.8 Å². The van der Waals surface area contributed by atoms with Gasteiger partial charge in [0.2, 0.25) is 11.8 Å². The Bertz CT molecular complexity index is 956. The lowest BCUT2D eigenvalue weighted by atomic mass is 9.86. The molecular formula is C29H40N2O3. The zero-order chi connectivity index (χ0) is 24.7. The van der Waals surface area contributed by atoms with Crippen LogP contribution in [0.1, 0.15) is 76.5 Å². The summed E-state index contributed by atoms with van der Waals surface area (Å²) in [5.41, 5.74) is 3.46. The summed E-state index contributed by atoms with van der Waals surface area (Å²) in [6.45, 7) is 8.79. The van der Waals surface area contributed by atoms with E-state index in [2.05, 4.69) is 50.4 Å². The molecule has 1 atom stereocenters. The van der Waals surface area contributed by atoms with Gasteiger partial charge in [-0.25, -0.2) is 0 Å². The molecule has 184 valence electrons. The van der Waals surface area contributed by atoms with Gasteiger partial charge in [-0.05, 0) is 60.4 Å². The molecule has 0 spiro atoms. The van der Waals surface area contributed by atoms with Crippen LogP contribution < -0.4 is 10.1 Å². The van der Waals surface area contributed by atoms with Crippen molar-refractivity contribution in [3.05, 3.63) is 65.2 Å². The number of nitrogens with zero attached hydrogens (tertiary/aromatic N) is 1. The molecule has 2 aromatic rings. The van der Waals surface area contributed by atoms with E-state index in [0.717, 1.165) is 42.6 Å². The molecule has 0 aliphatic heterocycles. The van der Waals surface area contributed by atoms with Crippen LogP contribution in [-0.2, 0) is 28.0 Å². The minimum absolute atomic E-state index is 0.0169. The minimum atomic E-state index is -0.539. The number of aryl methyl sites for hydroxylation is 1. The van der Waals surface area contributed by atoms with Gasteiger partial charge < -0.3 is 15.0 Å². The molecule has 2 aromatic carbocycles. The molecule has 1 aliphatic carbocycles. The van der Waals surface area contributed by atoms with Gasteiger partial charge in [-0.2, -0.15) is 0 Å². The number of nitrogens with one attached hydrogen (secondary N) is 1. The van der Waals surface area contributed by atoms with Gasteiger partial charge in [-0.1, -0.05) is 70.0 Å². The topological polar surface area (TPSA) is 58.6 Å². The summed E-state index contributed by atoms with van der Waals surface area (Å²) in [6.07, 6.45) is 5.36. The fourth-order valence-corrected chi connectivity index (χ4v) is 4.51. The fourth-order valence-electron chi connectivity index (χ4n) is 4.51. The van der Waals surface area contributed by atoms with Crippen molar-refractivity contribution in [1.82, 2.24) is 10.2 Å². The third-order valence-electron chi connectivity index (χ3n) is 6.80. The van der Waals surface area contributed by atoms with Crippen molar-refractivity contribution in [3.8, 4) is 5.75 Å². The highest BCUT2D eigenvalue weighted by molar-refractivity contribution is 5.87. The van der Waals surface area contributed by atoms with E-state index in [4.69, 9.17) is 4.74 Å². The number of hydrogen-bond acceptors (Lipinski definition) is 3. The largest absolute Gasteiger partial charge is 0.497 e. The van der Waals surface area contributed by atoms with E-state index < -0.39 is 6.04 Å². The van der Waals surface area contributed by atoms with Crippen molar-refractivity contribution in [1.29, 1.82) is 0 Å². The maximum atomic E-state index is 13.4. The fraction of sp³-hybridized carbons (Fsp3) is 0.517. The highest BCUT2D eigenvalue weighted by Gasteiger charge is 2.28. The summed E-state index contributed by atoms with van der Waals surface area (Å²) < 4.78 is 5.35. The number of benzene rings is 2. The second kappa shape index (κ2) is 11.5. The van der Waals surface area contributed by atoms with Crippen LogP contribution in [0.5, 0.6) is 5.75 Å². The van der Waals surface area contributed by atoms with E-state index in [9.17, 15) is 9.59 Å². The molecule has 0 bridgehead atoms. The van der Waals surface area contributed by atoms with Gasteiger partial charge in [0.05, 0.1) is 7.11 Å². The third kappa shape index (κ3) is 7.09. The van der Waals surface area contributed by atoms with Crippen LogP contribution in [0.3, 0.4) is 0 Å². The molecule has 1 fully saturated rings. The van der Waals surface area contributed by atoms with Crippen LogP contribution in [0, 0.1) is 0 Å². The van der Waals surface area contributed by atoms with Gasteiger partial charge in [-0.15, -0.1) is 0 Å². The summed E-state index contributed by atoms with van der Waals surface area (Å²) in [4.78, 5) is 28.1. The van der Waals surface area contributed by atoms with E-state index in [0.29, 0.717) is 19.4 Å². The summed E-state index contributed by atoms with van der Waals surface area (Å²) in [5.74, 6) is 0.654. The molecule has 1 N–H and O–H groups in total. The Labute approximate surface area is 204 Å². The molecule has 1 aliphatic rings. The maximum absolute atomic E-state index is 13.4. The first-order valence-electron chi connectivity index (χ1n) is 12.5. The van der Waals surface area contributed by atoms with Gasteiger partial charge in [0.25, 0.3) is 0 Å². The first-order chi connectivity index (χ1) is 16.2. The van der Waals surface area contributed by atoms with Gasteiger partial charge in [0, 0.05) is 19.0 Å². The van der Waals surface area contributed by atoms with Crippen molar-refractivity contribution in [3.63, 3.8) is 0 Å². The number of ether oxygens (including phenoxy) is 1. The van der Waals surface area contributed by atoms with E-state index in [1.54, 1.807) is 12.0 Å². The molecule has 0 unspecified atom stereocenters. The van der Waals surface area contributed by atoms with Crippen LogP contribution in [-0.4, -0.2) is 35.9 Å². The standard InChI is InChI=1S/C29H40N2O3/c1-21(28(33)30-25-10-6-7-11-25)31(20-23-9-8-12-26(19-23)34-5)27(32)18-15-22-13-16-24(17-14-22)29(2,3)4/h8-9,12-14,16-17,19,21,25H,6-7,10-11,15,18,20H2,1-5H3,(H,30,33)/t21-/m1/s1. The van der Waals surface area contributed by atoms with Gasteiger partial charge >= 0.3 is 0 Å². The Morgan fingerprint density at radius 2 is 1.74 bits per heavy atom. The summed E-state index contributed by atoms with van der Waals surface area (Å²) >= 11 is 0. The highest BCUT2D eigenvalue weighted by Crippen LogP contribution is 2.23. The molecular weight excluding hydrogens is 424 g/mol. The van der Waals surface area contributed by atoms with Crippen molar-refractivity contribution < 1.29 is 14.3 Å². The van der Waals surface area contributed by atoms with Crippen LogP contribution in [0.25, 0.3) is 0 Å². The average molecular weight is 465 g/mol. The summed E-state index contributed by atoms with van der Waals surface area (Å²) in [6, 6.07) is 15.9. The quantitative estimate of drug-likeness (QED) is 0.540. The lowest BCUT2D eigenvalue weighted by Crippen LogP contribution is -2.49. The second-order valence-electron chi connectivity index (χ2n) is 10.5. The molecule has 0 aromatic heterocycles. The molecule has 0 saturated heterocycles. The van der Waals surface area contributed by atoms with E-state index in [-0.39, 0.29) is 23.3 Å². The summed E-state index contributed by atoms with van der Waals surface area (Å²) in [7, 11) is 1.63. The average Bonchev–Trinajstić information content (AvgIpc) is 3.33. The number of amides is 2. The van der Waals surface area contributed by atoms with E-state index in [1.807, 2.05) is 31.2 Å². The van der Waals surface area contributed by atoms with Gasteiger partial charge in [-0.3, -0.25) is 9.59 Å². The number of carbonyl (C=O) groups is 2. The predicted molar refractivity (Wildman–Crippen MR) is 137 cm³/mol. The molecule has 5 nitrogen and oxygen atoms in total. The maximum Gasteiger partial charge on any atom is 0.242 e. The van der Waals surface area contributed by atoms with E-state index in [1.165, 1.54) is 5.56 Å². The normalized spacial score (nSPS) is 15.1. The van der Waals surface area contributed by atoms with Crippen molar-refractivity contribution in [2.75, 3.05) is 7.11 Å². The molecule has 34 heavy (non-hydrogen) atoms. The van der Waals surface area contributed by atoms with Crippen molar-refractivity contribution in [2.24, 2.45) is 0 Å². The molecule has 0 heterocycles. The lowest BCUT2D eigenvalue weighted by molar-refractivity contribution is -0.140. The number of hydrogen-bond donors (Lipinski definition) is 1. The predicted octanol–water partition coefficient (Wildman–Crippen LogP) is 5.40. The minimum Gasteiger partial charge on any atom is -0.497 e. The molecule has 1 saturated carbocycles. The van der Waals surface area contributed by atoms with Crippen LogP contribution in [0.15, 0.2) is 48.5 Å². The van der Waals surface area contributed by atoms with E-state index >= 15 is 0 Å². The third-order valence-corrected chi connectivity index (χ3v) is 6.80. The molecule has 3 rings (SSSR count). The second-order valence-corrected chi connectivity index (χ2v) is 10.5. The zero-order valence-electron chi connectivity index (χ0n) is 21.4. The Morgan fingerprint density at radius 1 is 1.06 bits per heavy atom. The SMILES string of the molecule is COc1cccc(CN(C(=O)CCc2ccc(C(C)(C)C)cc2)[C@H](C)C(=O)NC2CCCC2)c1. The molecule has 5 heteroatoms. The number of rotatable bonds is 9. The first kappa shape index (κ1) is 25.8.